The zero-order valence-electron chi connectivity index (χ0n) is 9.80. The van der Waals surface area contributed by atoms with Gasteiger partial charge in [0.2, 0.25) is 0 Å². The van der Waals surface area contributed by atoms with E-state index in [1.54, 1.807) is 0 Å². The Bertz CT molecular complexity index is 231. The van der Waals surface area contributed by atoms with Crippen LogP contribution >= 0.6 is 0 Å². The number of benzene rings is 1. The maximum absolute atomic E-state index is 8.07. The van der Waals surface area contributed by atoms with Crippen LogP contribution in [0.4, 0.5) is 0 Å². The smallest absolute Gasteiger partial charge is 0.0430 e. The second kappa shape index (κ2) is 7.57. The number of aryl methyl sites for hydroxylation is 2. The van der Waals surface area contributed by atoms with Gasteiger partial charge in [-0.05, 0) is 43.9 Å². The summed E-state index contributed by atoms with van der Waals surface area (Å²) in [5.41, 5.74) is 4.18. The molecular formula is C13H22O. The number of rotatable bonds is 2. The molecule has 0 aliphatic heterocycles. The summed E-state index contributed by atoms with van der Waals surface area (Å²) in [4.78, 5) is 0. The van der Waals surface area contributed by atoms with Crippen molar-refractivity contribution < 1.29 is 5.11 Å². The van der Waals surface area contributed by atoms with E-state index in [0.717, 1.165) is 12.8 Å². The molecule has 0 aromatic heterocycles. The van der Waals surface area contributed by atoms with Crippen LogP contribution in [-0.2, 0) is 0 Å². The van der Waals surface area contributed by atoms with E-state index in [-0.39, 0.29) is 0 Å². The van der Waals surface area contributed by atoms with E-state index in [4.69, 9.17) is 5.11 Å². The first-order valence-corrected chi connectivity index (χ1v) is 5.27. The van der Waals surface area contributed by atoms with Crippen LogP contribution in [0.1, 0.15) is 36.5 Å². The third kappa shape index (κ3) is 5.03. The van der Waals surface area contributed by atoms with Crippen LogP contribution in [0.3, 0.4) is 0 Å². The van der Waals surface area contributed by atoms with Gasteiger partial charge in [0.15, 0.2) is 0 Å². The van der Waals surface area contributed by atoms with Gasteiger partial charge in [-0.15, -0.1) is 0 Å². The van der Waals surface area contributed by atoms with Crippen molar-refractivity contribution in [2.45, 2.75) is 40.5 Å². The number of hydrogen-bond donors (Lipinski definition) is 1. The fourth-order valence-electron chi connectivity index (χ4n) is 1.06. The van der Waals surface area contributed by atoms with E-state index < -0.39 is 0 Å². The average Bonchev–Trinajstić information content (AvgIpc) is 2.16. The maximum atomic E-state index is 8.07. The lowest BCUT2D eigenvalue weighted by atomic mass is 10.1. The zero-order valence-corrected chi connectivity index (χ0v) is 9.80. The summed E-state index contributed by atoms with van der Waals surface area (Å²) < 4.78 is 0. The molecule has 0 radical (unpaired) electrons. The van der Waals surface area contributed by atoms with Gasteiger partial charge >= 0.3 is 0 Å². The van der Waals surface area contributed by atoms with Crippen LogP contribution in [-0.4, -0.2) is 11.7 Å². The first-order valence-electron chi connectivity index (χ1n) is 5.27. The number of unbranched alkanes of at least 4 members (excludes halogenated alkanes) is 1. The van der Waals surface area contributed by atoms with Crippen LogP contribution in [0, 0.1) is 20.8 Å². The molecule has 80 valence electrons. The van der Waals surface area contributed by atoms with E-state index >= 15 is 0 Å². The number of aliphatic hydroxyl groups is 1. The van der Waals surface area contributed by atoms with Crippen molar-refractivity contribution in [3.8, 4) is 0 Å². The van der Waals surface area contributed by atoms with Crippen molar-refractivity contribution in [3.05, 3.63) is 34.9 Å². The average molecular weight is 194 g/mol. The summed E-state index contributed by atoms with van der Waals surface area (Å²) in [6.45, 7) is 8.84. The Morgan fingerprint density at radius 2 is 1.57 bits per heavy atom. The first kappa shape index (κ1) is 13.2. The van der Waals surface area contributed by atoms with Gasteiger partial charge in [-0.1, -0.05) is 31.5 Å². The number of hydrogen-bond acceptors (Lipinski definition) is 1. The second-order valence-electron chi connectivity index (χ2n) is 3.59. The molecule has 0 amide bonds. The van der Waals surface area contributed by atoms with E-state index in [0.29, 0.717) is 6.61 Å². The van der Waals surface area contributed by atoms with Gasteiger partial charge in [0.1, 0.15) is 0 Å². The lowest BCUT2D eigenvalue weighted by Crippen LogP contribution is -1.82. The maximum Gasteiger partial charge on any atom is 0.0430 e. The molecule has 0 unspecified atom stereocenters. The molecule has 0 bridgehead atoms. The highest BCUT2D eigenvalue weighted by Crippen LogP contribution is 2.09. The van der Waals surface area contributed by atoms with Crippen molar-refractivity contribution in [3.63, 3.8) is 0 Å². The highest BCUT2D eigenvalue weighted by molar-refractivity contribution is 5.31. The van der Waals surface area contributed by atoms with Gasteiger partial charge in [-0.2, -0.15) is 0 Å². The molecule has 14 heavy (non-hydrogen) atoms. The Morgan fingerprint density at radius 3 is 1.79 bits per heavy atom. The molecule has 0 fully saturated rings. The Hall–Kier alpha value is -0.820. The fourth-order valence-corrected chi connectivity index (χ4v) is 1.06. The van der Waals surface area contributed by atoms with Crippen LogP contribution < -0.4 is 0 Å². The molecular weight excluding hydrogens is 172 g/mol. The van der Waals surface area contributed by atoms with Gasteiger partial charge in [-0.25, -0.2) is 0 Å². The highest BCUT2D eigenvalue weighted by Gasteiger charge is 1.91. The molecule has 1 aromatic rings. The van der Waals surface area contributed by atoms with Gasteiger partial charge in [0.05, 0.1) is 0 Å². The molecule has 1 rings (SSSR count). The largest absolute Gasteiger partial charge is 0.396 e. The van der Waals surface area contributed by atoms with Crippen LogP contribution in [0.2, 0.25) is 0 Å². The number of aliphatic hydroxyl groups excluding tert-OH is 1. The van der Waals surface area contributed by atoms with Crippen molar-refractivity contribution in [1.29, 1.82) is 0 Å². The molecule has 0 heterocycles. The van der Waals surface area contributed by atoms with E-state index in [1.165, 1.54) is 16.7 Å². The fraction of sp³-hybridized carbons (Fsp3) is 0.538. The predicted molar refractivity (Wildman–Crippen MR) is 62.6 cm³/mol. The Morgan fingerprint density at radius 1 is 1.07 bits per heavy atom. The molecule has 1 aromatic carbocycles. The Balaban J connectivity index is 0.000000292. The summed E-state index contributed by atoms with van der Waals surface area (Å²) in [5, 5.41) is 8.07. The van der Waals surface area contributed by atoms with Crippen molar-refractivity contribution in [2.24, 2.45) is 0 Å². The topological polar surface area (TPSA) is 20.2 Å². The van der Waals surface area contributed by atoms with E-state index in [2.05, 4.69) is 45.9 Å². The van der Waals surface area contributed by atoms with E-state index in [9.17, 15) is 0 Å². The molecule has 0 aliphatic rings. The summed E-state index contributed by atoms with van der Waals surface area (Å²) in [6, 6.07) is 6.38. The quantitative estimate of drug-likeness (QED) is 0.765. The summed E-state index contributed by atoms with van der Waals surface area (Å²) in [5.74, 6) is 0. The molecule has 0 saturated carbocycles. The standard InChI is InChI=1S/C9H12.C4H10O/c1-7-5-4-6-8(2)9(7)3;1-2-3-4-5/h4-6H,1-3H3;5H,2-4H2,1H3. The predicted octanol–water partition coefficient (Wildman–Crippen LogP) is 3.39. The van der Waals surface area contributed by atoms with Crippen LogP contribution in [0.25, 0.3) is 0 Å². The summed E-state index contributed by atoms with van der Waals surface area (Å²) >= 11 is 0. The lowest BCUT2D eigenvalue weighted by molar-refractivity contribution is 0.287. The molecule has 1 N–H and O–H groups in total. The molecule has 1 nitrogen and oxygen atoms in total. The SMILES string of the molecule is CCCCO.Cc1cccc(C)c1C. The monoisotopic (exact) mass is 194 g/mol. The minimum absolute atomic E-state index is 0.344. The Labute approximate surface area is 87.8 Å². The normalized spacial score (nSPS) is 9.21. The van der Waals surface area contributed by atoms with Crippen LogP contribution in [0.5, 0.6) is 0 Å². The van der Waals surface area contributed by atoms with E-state index in [1.807, 2.05) is 0 Å². The van der Waals surface area contributed by atoms with Crippen molar-refractivity contribution >= 4 is 0 Å². The summed E-state index contributed by atoms with van der Waals surface area (Å²) in [7, 11) is 0. The molecule has 0 aliphatic carbocycles. The van der Waals surface area contributed by atoms with Gasteiger partial charge in [-0.3, -0.25) is 0 Å². The highest BCUT2D eigenvalue weighted by atomic mass is 16.2. The van der Waals surface area contributed by atoms with Gasteiger partial charge in [0, 0.05) is 6.61 Å². The molecule has 0 atom stereocenters. The minimum atomic E-state index is 0.344. The Kier molecular flexibility index (Phi) is 7.13. The molecule has 0 saturated heterocycles. The first-order chi connectivity index (χ1) is 6.63. The van der Waals surface area contributed by atoms with Crippen LogP contribution in [0.15, 0.2) is 18.2 Å². The second-order valence-corrected chi connectivity index (χ2v) is 3.59. The molecule has 0 spiro atoms. The van der Waals surface area contributed by atoms with Crippen molar-refractivity contribution in [2.75, 3.05) is 6.61 Å². The molecule has 1 heteroatoms. The van der Waals surface area contributed by atoms with Crippen molar-refractivity contribution in [1.82, 2.24) is 0 Å². The van der Waals surface area contributed by atoms with Gasteiger partial charge < -0.3 is 5.11 Å². The summed E-state index contributed by atoms with van der Waals surface area (Å²) in [6.07, 6.45) is 2.04. The third-order valence-electron chi connectivity index (χ3n) is 2.39. The zero-order chi connectivity index (χ0) is 11.0. The minimum Gasteiger partial charge on any atom is -0.396 e. The van der Waals surface area contributed by atoms with Gasteiger partial charge in [0.25, 0.3) is 0 Å². The third-order valence-corrected chi connectivity index (χ3v) is 2.39. The lowest BCUT2D eigenvalue weighted by Gasteiger charge is -2.00.